The summed E-state index contributed by atoms with van der Waals surface area (Å²) >= 11 is 1.78. The van der Waals surface area contributed by atoms with E-state index in [0.717, 1.165) is 0 Å². The van der Waals surface area contributed by atoms with E-state index in [4.69, 9.17) is 14.9 Å². The minimum Gasteiger partial charge on any atom is -0.394 e. The molecule has 0 spiro atoms. The second kappa shape index (κ2) is 4.16. The van der Waals surface area contributed by atoms with Crippen LogP contribution >= 0.6 is 22.6 Å². The van der Waals surface area contributed by atoms with Gasteiger partial charge < -0.3 is 25.2 Å². The highest BCUT2D eigenvalue weighted by Gasteiger charge is 2.41. The first-order valence-electron chi connectivity index (χ1n) is 3.52. The van der Waals surface area contributed by atoms with Gasteiger partial charge in [-0.15, -0.1) is 0 Å². The van der Waals surface area contributed by atoms with Crippen molar-refractivity contribution in [2.75, 3.05) is 6.61 Å². The lowest BCUT2D eigenvalue weighted by Crippen LogP contribution is -2.56. The van der Waals surface area contributed by atoms with Gasteiger partial charge in [-0.2, -0.15) is 0 Å². The second-order valence-corrected chi connectivity index (χ2v) is 4.11. The van der Waals surface area contributed by atoms with Crippen molar-refractivity contribution in [1.29, 1.82) is 0 Å². The van der Waals surface area contributed by atoms with Crippen LogP contribution in [0.2, 0.25) is 0 Å². The number of hydrogen-bond donors (Lipinski definition) is 4. The summed E-state index contributed by atoms with van der Waals surface area (Å²) in [6, 6.07) is 0. The van der Waals surface area contributed by atoms with Gasteiger partial charge in [-0.1, -0.05) is 22.6 Å². The maximum Gasteiger partial charge on any atom is 0.169 e. The summed E-state index contributed by atoms with van der Waals surface area (Å²) in [5.41, 5.74) is 0. The van der Waals surface area contributed by atoms with Crippen LogP contribution in [0.15, 0.2) is 0 Å². The normalized spacial score (nSPS) is 49.2. The van der Waals surface area contributed by atoms with Gasteiger partial charge in [0.15, 0.2) is 6.29 Å². The van der Waals surface area contributed by atoms with Gasteiger partial charge in [-0.25, -0.2) is 0 Å². The van der Waals surface area contributed by atoms with Gasteiger partial charge in [-0.3, -0.25) is 0 Å². The summed E-state index contributed by atoms with van der Waals surface area (Å²) in [6.07, 6.45) is -4.24. The highest BCUT2D eigenvalue weighted by atomic mass is 127. The molecule has 0 unspecified atom stereocenters. The third-order valence-electron chi connectivity index (χ3n) is 1.82. The summed E-state index contributed by atoms with van der Waals surface area (Å²) in [6.45, 7) is -0.418. The molecule has 1 saturated heterocycles. The fraction of sp³-hybridized carbons (Fsp3) is 1.00. The number of aliphatic hydroxyl groups is 4. The van der Waals surface area contributed by atoms with E-state index in [2.05, 4.69) is 0 Å². The van der Waals surface area contributed by atoms with E-state index in [-0.39, 0.29) is 0 Å². The quantitative estimate of drug-likeness (QED) is 0.339. The zero-order valence-corrected chi connectivity index (χ0v) is 8.33. The van der Waals surface area contributed by atoms with Crippen LogP contribution in [0, 0.1) is 0 Å². The maximum atomic E-state index is 9.31. The van der Waals surface area contributed by atoms with E-state index >= 15 is 0 Å². The second-order valence-electron chi connectivity index (χ2n) is 2.67. The van der Waals surface area contributed by atoms with Crippen LogP contribution in [-0.2, 0) is 4.74 Å². The predicted molar refractivity (Wildman–Crippen MR) is 47.8 cm³/mol. The molecule has 1 aliphatic heterocycles. The molecule has 0 aromatic rings. The molecule has 5 atom stereocenters. The summed E-state index contributed by atoms with van der Waals surface area (Å²) in [5, 5.41) is 36.4. The Kier molecular flexibility index (Phi) is 3.68. The van der Waals surface area contributed by atoms with Crippen molar-refractivity contribution >= 4 is 22.6 Å². The number of halogens is 1. The molecule has 0 radical (unpaired) electrons. The highest BCUT2D eigenvalue weighted by Crippen LogP contribution is 2.24. The van der Waals surface area contributed by atoms with Crippen molar-refractivity contribution in [3.05, 3.63) is 0 Å². The van der Waals surface area contributed by atoms with E-state index in [0.29, 0.717) is 0 Å². The number of aliphatic hydroxyl groups excluding tert-OH is 4. The third kappa shape index (κ3) is 1.88. The van der Waals surface area contributed by atoms with Crippen LogP contribution in [0.5, 0.6) is 0 Å². The van der Waals surface area contributed by atoms with Gasteiger partial charge in [0.2, 0.25) is 0 Å². The molecule has 72 valence electrons. The van der Waals surface area contributed by atoms with Crippen LogP contribution in [-0.4, -0.2) is 55.6 Å². The zero-order chi connectivity index (χ0) is 9.30. The molecule has 0 aliphatic carbocycles. The lowest BCUT2D eigenvalue weighted by atomic mass is 10.0. The van der Waals surface area contributed by atoms with Gasteiger partial charge in [-0.05, 0) is 0 Å². The molecule has 12 heavy (non-hydrogen) atoms. The molecule has 6 heteroatoms. The molecule has 4 N–H and O–H groups in total. The van der Waals surface area contributed by atoms with E-state index < -0.39 is 35.1 Å². The lowest BCUT2D eigenvalue weighted by molar-refractivity contribution is -0.231. The minimum absolute atomic E-state index is 0.418. The van der Waals surface area contributed by atoms with Crippen LogP contribution in [0.25, 0.3) is 0 Å². The molecular formula is C6H11IO5. The molecule has 0 bridgehead atoms. The first-order chi connectivity index (χ1) is 5.57. The van der Waals surface area contributed by atoms with E-state index in [1.807, 2.05) is 0 Å². The molecule has 1 fully saturated rings. The Balaban J connectivity index is 2.63. The third-order valence-corrected chi connectivity index (χ3v) is 3.18. The predicted octanol–water partition coefficient (Wildman–Crippen LogP) is -1.78. The number of rotatable bonds is 1. The van der Waals surface area contributed by atoms with Crippen LogP contribution in [0.3, 0.4) is 0 Å². The fourth-order valence-corrected chi connectivity index (χ4v) is 1.66. The first kappa shape index (κ1) is 10.6. The molecule has 0 saturated carbocycles. The molecular weight excluding hydrogens is 279 g/mol. The SMILES string of the molecule is OC[C@H]1O[C@H](O)[C@@H](I)[C@@H](O)[C@@H]1O. The van der Waals surface area contributed by atoms with Gasteiger partial charge >= 0.3 is 0 Å². The van der Waals surface area contributed by atoms with Crippen molar-refractivity contribution in [1.82, 2.24) is 0 Å². The Morgan fingerprint density at radius 3 is 2.25 bits per heavy atom. The number of ether oxygens (including phenoxy) is 1. The molecule has 1 heterocycles. The molecule has 1 aliphatic rings. The molecule has 1 rings (SSSR count). The maximum absolute atomic E-state index is 9.31. The van der Waals surface area contributed by atoms with Crippen molar-refractivity contribution in [2.24, 2.45) is 0 Å². The Morgan fingerprint density at radius 2 is 1.75 bits per heavy atom. The average Bonchev–Trinajstić information content (AvgIpc) is 2.08. The van der Waals surface area contributed by atoms with Crippen LogP contribution in [0.1, 0.15) is 0 Å². The summed E-state index contributed by atoms with van der Waals surface area (Å²) in [4.78, 5) is 0. The van der Waals surface area contributed by atoms with Crippen molar-refractivity contribution in [3.63, 3.8) is 0 Å². The standard InChI is InChI=1S/C6H11IO5/c7-3-5(10)4(9)2(1-8)12-6(3)11/h2-6,8-11H,1H2/t2-,3+,4-,5-,6+/m1/s1. The first-order valence-corrected chi connectivity index (χ1v) is 4.77. The molecule has 5 nitrogen and oxygen atoms in total. The number of hydrogen-bond acceptors (Lipinski definition) is 5. The van der Waals surface area contributed by atoms with Crippen LogP contribution in [0.4, 0.5) is 0 Å². The number of alkyl halides is 1. The molecule has 0 aromatic carbocycles. The Labute approximate surface area is 83.1 Å². The topological polar surface area (TPSA) is 90.2 Å². The summed E-state index contributed by atoms with van der Waals surface area (Å²) in [7, 11) is 0. The largest absolute Gasteiger partial charge is 0.394 e. The van der Waals surface area contributed by atoms with Crippen molar-refractivity contribution in [3.8, 4) is 0 Å². The fourth-order valence-electron chi connectivity index (χ4n) is 1.06. The molecule has 0 aromatic heterocycles. The monoisotopic (exact) mass is 290 g/mol. The lowest BCUT2D eigenvalue weighted by Gasteiger charge is -2.37. The Bertz CT molecular complexity index is 150. The van der Waals surface area contributed by atoms with Crippen molar-refractivity contribution in [2.45, 2.75) is 28.5 Å². The van der Waals surface area contributed by atoms with E-state index in [9.17, 15) is 10.2 Å². The Hall–Kier alpha value is 0.530. The summed E-state index contributed by atoms with van der Waals surface area (Å²) < 4.78 is 4.25. The van der Waals surface area contributed by atoms with E-state index in [1.54, 1.807) is 22.6 Å². The van der Waals surface area contributed by atoms with Gasteiger partial charge in [0.1, 0.15) is 12.2 Å². The minimum atomic E-state index is -1.14. The van der Waals surface area contributed by atoms with Crippen molar-refractivity contribution < 1.29 is 25.2 Å². The smallest absolute Gasteiger partial charge is 0.169 e. The van der Waals surface area contributed by atoms with Crippen LogP contribution < -0.4 is 0 Å². The Morgan fingerprint density at radius 1 is 1.17 bits per heavy atom. The van der Waals surface area contributed by atoms with E-state index in [1.165, 1.54) is 0 Å². The van der Waals surface area contributed by atoms with Gasteiger partial charge in [0.05, 0.1) is 16.6 Å². The zero-order valence-electron chi connectivity index (χ0n) is 6.17. The van der Waals surface area contributed by atoms with Gasteiger partial charge in [0.25, 0.3) is 0 Å². The highest BCUT2D eigenvalue weighted by molar-refractivity contribution is 14.1. The van der Waals surface area contributed by atoms with Gasteiger partial charge in [0, 0.05) is 0 Å². The summed E-state index contributed by atoms with van der Waals surface area (Å²) in [5.74, 6) is 0. The molecule has 0 amide bonds. The average molecular weight is 290 g/mol.